The molecule has 106 valence electrons. The van der Waals surface area contributed by atoms with Crippen LogP contribution >= 0.6 is 0 Å². The quantitative estimate of drug-likeness (QED) is 0.719. The van der Waals surface area contributed by atoms with E-state index in [1.807, 2.05) is 0 Å². The molecule has 0 aromatic heterocycles. The summed E-state index contributed by atoms with van der Waals surface area (Å²) in [6.45, 7) is 2.11. The lowest BCUT2D eigenvalue weighted by Crippen LogP contribution is -2.31. The van der Waals surface area contributed by atoms with Gasteiger partial charge in [0, 0.05) is 6.04 Å². The number of nitrogens with two attached hydrogens (primary N) is 1. The number of sulfonamides is 1. The van der Waals surface area contributed by atoms with Gasteiger partial charge in [0.25, 0.3) is 0 Å². The number of anilines is 2. The summed E-state index contributed by atoms with van der Waals surface area (Å²) in [6, 6.07) is 5.04. The van der Waals surface area contributed by atoms with Crippen LogP contribution in [0.1, 0.15) is 26.2 Å². The fourth-order valence-electron chi connectivity index (χ4n) is 2.25. The monoisotopic (exact) mass is 283 g/mol. The van der Waals surface area contributed by atoms with Crippen molar-refractivity contribution in [2.24, 2.45) is 5.92 Å². The molecule has 1 aliphatic rings. The first-order valence-electron chi connectivity index (χ1n) is 6.53. The minimum absolute atomic E-state index is 0.229. The van der Waals surface area contributed by atoms with Gasteiger partial charge in [-0.1, -0.05) is 6.42 Å². The van der Waals surface area contributed by atoms with Gasteiger partial charge in [0.15, 0.2) is 0 Å². The standard InChI is InChI=1S/C13H21N3O2S/c1-9(10-4-3-5-10)16-13-8-11(6-7-12(13)14)19(17,18)15-2/h6-10,15-16H,3-5,14H2,1-2H3. The molecule has 2 rings (SSSR count). The molecule has 4 N–H and O–H groups in total. The van der Waals surface area contributed by atoms with Crippen molar-refractivity contribution in [2.75, 3.05) is 18.1 Å². The van der Waals surface area contributed by atoms with E-state index in [1.165, 1.54) is 32.4 Å². The van der Waals surface area contributed by atoms with Crippen LogP contribution in [0.4, 0.5) is 11.4 Å². The molecule has 1 aliphatic carbocycles. The molecule has 1 aromatic carbocycles. The SMILES string of the molecule is CNS(=O)(=O)c1ccc(N)c(NC(C)C2CCC2)c1. The first kappa shape index (κ1) is 14.1. The zero-order valence-corrected chi connectivity index (χ0v) is 12.1. The Labute approximate surface area is 114 Å². The second kappa shape index (κ2) is 5.38. The van der Waals surface area contributed by atoms with Gasteiger partial charge in [-0.2, -0.15) is 0 Å². The first-order valence-corrected chi connectivity index (χ1v) is 8.02. The van der Waals surface area contributed by atoms with E-state index < -0.39 is 10.0 Å². The third-order valence-electron chi connectivity index (χ3n) is 3.84. The van der Waals surface area contributed by atoms with Gasteiger partial charge in [0.2, 0.25) is 10.0 Å². The van der Waals surface area contributed by atoms with Crippen molar-refractivity contribution >= 4 is 21.4 Å². The fraction of sp³-hybridized carbons (Fsp3) is 0.538. The lowest BCUT2D eigenvalue weighted by atomic mass is 9.80. The maximum Gasteiger partial charge on any atom is 0.240 e. The summed E-state index contributed by atoms with van der Waals surface area (Å²) in [5.41, 5.74) is 7.17. The van der Waals surface area contributed by atoms with Crippen molar-refractivity contribution in [1.29, 1.82) is 0 Å². The molecule has 0 spiro atoms. The summed E-state index contributed by atoms with van der Waals surface area (Å²) in [7, 11) is -2.03. The molecule has 1 fully saturated rings. The van der Waals surface area contributed by atoms with Gasteiger partial charge in [-0.25, -0.2) is 13.1 Å². The molecular formula is C13H21N3O2S. The highest BCUT2D eigenvalue weighted by Crippen LogP contribution is 2.32. The minimum atomic E-state index is -3.43. The second-order valence-electron chi connectivity index (χ2n) is 5.08. The highest BCUT2D eigenvalue weighted by atomic mass is 32.2. The summed E-state index contributed by atoms with van der Waals surface area (Å²) in [5.74, 6) is 0.656. The van der Waals surface area contributed by atoms with Crippen molar-refractivity contribution in [3.8, 4) is 0 Å². The summed E-state index contributed by atoms with van der Waals surface area (Å²) in [4.78, 5) is 0.229. The number of nitrogens with one attached hydrogen (secondary N) is 2. The zero-order valence-electron chi connectivity index (χ0n) is 11.3. The molecule has 19 heavy (non-hydrogen) atoms. The van der Waals surface area contributed by atoms with Crippen molar-refractivity contribution in [1.82, 2.24) is 4.72 Å². The molecule has 1 saturated carbocycles. The van der Waals surface area contributed by atoms with Gasteiger partial charge in [0.05, 0.1) is 16.3 Å². The molecule has 0 heterocycles. The lowest BCUT2D eigenvalue weighted by Gasteiger charge is -2.32. The van der Waals surface area contributed by atoms with Crippen LogP contribution in [0, 0.1) is 5.92 Å². The largest absolute Gasteiger partial charge is 0.397 e. The minimum Gasteiger partial charge on any atom is -0.397 e. The van der Waals surface area contributed by atoms with E-state index >= 15 is 0 Å². The Balaban J connectivity index is 2.22. The zero-order chi connectivity index (χ0) is 14.0. The maximum absolute atomic E-state index is 11.8. The Morgan fingerprint density at radius 3 is 2.58 bits per heavy atom. The smallest absolute Gasteiger partial charge is 0.240 e. The molecule has 1 aromatic rings. The van der Waals surface area contributed by atoms with E-state index in [0.29, 0.717) is 23.3 Å². The Hall–Kier alpha value is -1.27. The summed E-state index contributed by atoms with van der Waals surface area (Å²) in [6.07, 6.45) is 3.73. The molecule has 6 heteroatoms. The molecular weight excluding hydrogens is 262 g/mol. The summed E-state index contributed by atoms with van der Waals surface area (Å²) < 4.78 is 25.8. The van der Waals surface area contributed by atoms with Crippen molar-refractivity contribution in [3.63, 3.8) is 0 Å². The predicted octanol–water partition coefficient (Wildman–Crippen LogP) is 1.78. The van der Waals surface area contributed by atoms with E-state index in [1.54, 1.807) is 12.1 Å². The highest BCUT2D eigenvalue weighted by molar-refractivity contribution is 7.89. The lowest BCUT2D eigenvalue weighted by molar-refractivity contribution is 0.285. The first-order chi connectivity index (χ1) is 8.94. The van der Waals surface area contributed by atoms with Crippen molar-refractivity contribution in [2.45, 2.75) is 37.1 Å². The van der Waals surface area contributed by atoms with Crippen molar-refractivity contribution in [3.05, 3.63) is 18.2 Å². The average molecular weight is 283 g/mol. The number of rotatable bonds is 5. The van der Waals surface area contributed by atoms with Crippen LogP contribution in [0.2, 0.25) is 0 Å². The second-order valence-corrected chi connectivity index (χ2v) is 6.97. The summed E-state index contributed by atoms with van der Waals surface area (Å²) in [5, 5.41) is 3.33. The number of hydrogen-bond donors (Lipinski definition) is 3. The molecule has 0 saturated heterocycles. The van der Waals surface area contributed by atoms with Crippen LogP contribution in [0.5, 0.6) is 0 Å². The Morgan fingerprint density at radius 1 is 1.37 bits per heavy atom. The van der Waals surface area contributed by atoms with Crippen molar-refractivity contribution < 1.29 is 8.42 Å². The van der Waals surface area contributed by atoms with Crippen LogP contribution < -0.4 is 15.8 Å². The Kier molecular flexibility index (Phi) is 4.01. The molecule has 5 nitrogen and oxygen atoms in total. The van der Waals surface area contributed by atoms with Crippen LogP contribution in [0.25, 0.3) is 0 Å². The fourth-order valence-corrected chi connectivity index (χ4v) is 3.00. The third kappa shape index (κ3) is 3.01. The molecule has 0 bridgehead atoms. The van der Waals surface area contributed by atoms with Gasteiger partial charge in [0.1, 0.15) is 0 Å². The van der Waals surface area contributed by atoms with Gasteiger partial charge < -0.3 is 11.1 Å². The summed E-state index contributed by atoms with van der Waals surface area (Å²) >= 11 is 0. The predicted molar refractivity (Wildman–Crippen MR) is 77.5 cm³/mol. The number of nitrogen functional groups attached to an aromatic ring is 1. The molecule has 0 radical (unpaired) electrons. The normalized spacial score (nSPS) is 17.8. The molecule has 1 unspecified atom stereocenters. The van der Waals surface area contributed by atoms with Crippen LogP contribution in [0.3, 0.4) is 0 Å². The van der Waals surface area contributed by atoms with Crippen LogP contribution in [-0.4, -0.2) is 21.5 Å². The van der Waals surface area contributed by atoms with Gasteiger partial charge in [-0.15, -0.1) is 0 Å². The van der Waals surface area contributed by atoms with Gasteiger partial charge >= 0.3 is 0 Å². The Bertz CT molecular complexity index is 553. The third-order valence-corrected chi connectivity index (χ3v) is 5.26. The van der Waals surface area contributed by atoms with E-state index in [0.717, 1.165) is 0 Å². The molecule has 0 amide bonds. The van der Waals surface area contributed by atoms with Crippen LogP contribution in [0.15, 0.2) is 23.1 Å². The maximum atomic E-state index is 11.8. The van der Waals surface area contributed by atoms with Gasteiger partial charge in [-0.3, -0.25) is 0 Å². The number of hydrogen-bond acceptors (Lipinski definition) is 4. The van der Waals surface area contributed by atoms with E-state index in [-0.39, 0.29) is 4.90 Å². The molecule has 0 aliphatic heterocycles. The molecule has 1 atom stereocenters. The average Bonchev–Trinajstić information content (AvgIpc) is 2.29. The van der Waals surface area contributed by atoms with E-state index in [4.69, 9.17) is 5.73 Å². The van der Waals surface area contributed by atoms with E-state index in [9.17, 15) is 8.42 Å². The van der Waals surface area contributed by atoms with Gasteiger partial charge in [-0.05, 0) is 50.9 Å². The Morgan fingerprint density at radius 2 is 2.05 bits per heavy atom. The highest BCUT2D eigenvalue weighted by Gasteiger charge is 2.24. The van der Waals surface area contributed by atoms with Crippen LogP contribution in [-0.2, 0) is 10.0 Å². The topological polar surface area (TPSA) is 84.2 Å². The van der Waals surface area contributed by atoms with E-state index in [2.05, 4.69) is 17.0 Å². The number of benzene rings is 1.